The Bertz CT molecular complexity index is 1540. The molecule has 4 unspecified atom stereocenters. The number of aliphatic hydroxyl groups is 2. The van der Waals surface area contributed by atoms with Crippen molar-refractivity contribution in [1.82, 2.24) is 5.32 Å². The fourth-order valence-corrected chi connectivity index (χ4v) is 8.35. The lowest BCUT2D eigenvalue weighted by Crippen LogP contribution is -2.51. The maximum atomic E-state index is 13.0. The van der Waals surface area contributed by atoms with Crippen LogP contribution in [0.5, 0.6) is 0 Å². The molecule has 0 rings (SSSR count). The third-order valence-electron chi connectivity index (χ3n) is 12.1. The Labute approximate surface area is 436 Å². The minimum Gasteiger partial charge on any atom is -0.756 e. The van der Waals surface area contributed by atoms with Gasteiger partial charge in [0.1, 0.15) is 19.3 Å². The predicted molar refractivity (Wildman–Crippen MR) is 303 cm³/mol. The van der Waals surface area contributed by atoms with Crippen LogP contribution in [0, 0.1) is 0 Å². The first-order chi connectivity index (χ1) is 34.4. The number of quaternary nitrogens is 1. The molecule has 0 saturated carbocycles. The Hall–Kier alpha value is -2.88. The molecule has 0 aromatic carbocycles. The van der Waals surface area contributed by atoms with Gasteiger partial charge in [-0.15, -0.1) is 0 Å². The van der Waals surface area contributed by atoms with Gasteiger partial charge in [0.2, 0.25) is 5.91 Å². The summed E-state index contributed by atoms with van der Waals surface area (Å²) >= 11 is 0. The second kappa shape index (κ2) is 50.6. The molecule has 71 heavy (non-hydrogen) atoms. The number of rotatable bonds is 50. The van der Waals surface area contributed by atoms with Crippen LogP contribution in [0.4, 0.5) is 0 Å². The van der Waals surface area contributed by atoms with E-state index >= 15 is 0 Å². The first-order valence-corrected chi connectivity index (χ1v) is 29.8. The van der Waals surface area contributed by atoms with Crippen LogP contribution in [0.2, 0.25) is 0 Å². The fraction of sp³-hybridized carbons (Fsp3) is 0.689. The van der Waals surface area contributed by atoms with Crippen LogP contribution in [-0.4, -0.2) is 79.8 Å². The molecule has 0 aromatic rings. The van der Waals surface area contributed by atoms with Crippen LogP contribution in [0.3, 0.4) is 0 Å². The number of nitrogens with zero attached hydrogens (tertiary/aromatic N) is 1. The molecule has 0 aliphatic heterocycles. The van der Waals surface area contributed by atoms with E-state index in [1.54, 1.807) is 0 Å². The second-order valence-electron chi connectivity index (χ2n) is 20.0. The average Bonchev–Trinajstić information content (AvgIpc) is 3.33. The molecular weight excluding hydrogens is 904 g/mol. The van der Waals surface area contributed by atoms with Crippen molar-refractivity contribution in [3.63, 3.8) is 0 Å². The highest BCUT2D eigenvalue weighted by molar-refractivity contribution is 7.45. The Balaban J connectivity index is 4.21. The van der Waals surface area contributed by atoms with E-state index in [-0.39, 0.29) is 18.9 Å². The number of carbonyl (C=O) groups is 1. The number of hydrogen-bond donors (Lipinski definition) is 3. The lowest BCUT2D eigenvalue weighted by Gasteiger charge is -2.31. The molecule has 10 heteroatoms. The molecule has 1 amide bonds. The van der Waals surface area contributed by atoms with Crippen LogP contribution in [0.15, 0.2) is 109 Å². The average molecular weight is 1010 g/mol. The zero-order valence-electron chi connectivity index (χ0n) is 46.0. The summed E-state index contributed by atoms with van der Waals surface area (Å²) in [6.07, 6.45) is 70.1. The largest absolute Gasteiger partial charge is 0.756 e. The highest BCUT2D eigenvalue weighted by Crippen LogP contribution is 2.38. The summed E-state index contributed by atoms with van der Waals surface area (Å²) in [7, 11) is 1.09. The van der Waals surface area contributed by atoms with Gasteiger partial charge in [0.05, 0.1) is 39.9 Å². The third-order valence-corrected chi connectivity index (χ3v) is 13.1. The molecule has 0 spiro atoms. The quantitative estimate of drug-likeness (QED) is 0.0240. The monoisotopic (exact) mass is 1010 g/mol. The van der Waals surface area contributed by atoms with Gasteiger partial charge in [-0.2, -0.15) is 0 Å². The number of nitrogens with one attached hydrogen (secondary N) is 1. The molecule has 0 aromatic heterocycles. The van der Waals surface area contributed by atoms with Gasteiger partial charge in [0.25, 0.3) is 7.82 Å². The van der Waals surface area contributed by atoms with Gasteiger partial charge in [-0.05, 0) is 103 Å². The van der Waals surface area contributed by atoms with Gasteiger partial charge in [-0.3, -0.25) is 9.36 Å². The van der Waals surface area contributed by atoms with Crippen molar-refractivity contribution in [2.75, 3.05) is 40.9 Å². The molecule has 0 aliphatic carbocycles. The van der Waals surface area contributed by atoms with E-state index in [2.05, 4.69) is 129 Å². The van der Waals surface area contributed by atoms with Crippen LogP contribution < -0.4 is 10.2 Å². The highest BCUT2D eigenvalue weighted by atomic mass is 31.2. The maximum absolute atomic E-state index is 13.0. The Morgan fingerprint density at radius 3 is 1.31 bits per heavy atom. The number of unbranched alkanes of at least 4 members (excludes halogenated alkanes) is 18. The van der Waals surface area contributed by atoms with Gasteiger partial charge in [-0.25, -0.2) is 0 Å². The summed E-state index contributed by atoms with van der Waals surface area (Å²) < 4.78 is 23.2. The van der Waals surface area contributed by atoms with E-state index in [9.17, 15) is 24.5 Å². The molecule has 3 N–H and O–H groups in total. The van der Waals surface area contributed by atoms with Crippen LogP contribution in [0.25, 0.3) is 0 Å². The number of carbonyl (C=O) groups excluding carboxylic acids is 1. The zero-order chi connectivity index (χ0) is 52.2. The number of amides is 1. The van der Waals surface area contributed by atoms with Gasteiger partial charge in [0, 0.05) is 6.42 Å². The molecule has 0 fully saturated rings. The van der Waals surface area contributed by atoms with Crippen molar-refractivity contribution in [2.45, 2.75) is 231 Å². The third kappa shape index (κ3) is 51.8. The molecule has 0 heterocycles. The molecule has 9 nitrogen and oxygen atoms in total. The lowest BCUT2D eigenvalue weighted by molar-refractivity contribution is -0.870. The van der Waals surface area contributed by atoms with Crippen molar-refractivity contribution in [2.24, 2.45) is 0 Å². The summed E-state index contributed by atoms with van der Waals surface area (Å²) in [6, 6.07) is -1.10. The molecule has 0 radical (unpaired) electrons. The van der Waals surface area contributed by atoms with Crippen molar-refractivity contribution < 1.29 is 38.0 Å². The van der Waals surface area contributed by atoms with Gasteiger partial charge in [-0.1, -0.05) is 213 Å². The minimum atomic E-state index is -4.69. The number of phosphoric ester groups is 1. The van der Waals surface area contributed by atoms with Crippen LogP contribution >= 0.6 is 7.82 Å². The number of phosphoric acid groups is 1. The zero-order valence-corrected chi connectivity index (χ0v) is 46.9. The van der Waals surface area contributed by atoms with Gasteiger partial charge >= 0.3 is 0 Å². The number of allylic oxidation sites excluding steroid dienone is 18. The van der Waals surface area contributed by atoms with E-state index in [1.165, 1.54) is 83.5 Å². The van der Waals surface area contributed by atoms with Crippen molar-refractivity contribution in [3.8, 4) is 0 Å². The lowest BCUT2D eigenvalue weighted by atomic mass is 10.0. The first kappa shape index (κ1) is 68.1. The predicted octanol–water partition coefficient (Wildman–Crippen LogP) is 15.5. The van der Waals surface area contributed by atoms with Crippen molar-refractivity contribution in [1.29, 1.82) is 0 Å². The Morgan fingerprint density at radius 1 is 0.521 bits per heavy atom. The summed E-state index contributed by atoms with van der Waals surface area (Å²) in [5.74, 6) is -0.298. The molecule has 0 saturated heterocycles. The summed E-state index contributed by atoms with van der Waals surface area (Å²) in [6.45, 7) is 4.28. The molecule has 408 valence electrons. The van der Waals surface area contributed by atoms with Crippen molar-refractivity contribution in [3.05, 3.63) is 109 Å². The number of aliphatic hydroxyl groups excluding tert-OH is 2. The first-order valence-electron chi connectivity index (χ1n) is 28.3. The van der Waals surface area contributed by atoms with E-state index in [1.807, 2.05) is 21.1 Å². The Kier molecular flexibility index (Phi) is 48.6. The topological polar surface area (TPSA) is 128 Å². The van der Waals surface area contributed by atoms with E-state index < -0.39 is 32.7 Å². The highest BCUT2D eigenvalue weighted by Gasteiger charge is 2.29. The number of likely N-dealkylation sites (N-methyl/N-ethyl adjacent to an activating group) is 1. The number of hydrogen-bond acceptors (Lipinski definition) is 7. The minimum absolute atomic E-state index is 0.0520. The SMILES string of the molecule is CC/C=C\C/C=C\C/C=C\C/C=C\C/C=C\C/C=C\C/C=C\C/C=C\CCCCCCCCCCCCC(=O)NC(COP(=O)([O-])OCC[N+](C)(C)C)C(O)C(O)CCC/C=C/CCCCCCCCC. The molecule has 0 aliphatic rings. The van der Waals surface area contributed by atoms with Crippen LogP contribution in [0.1, 0.15) is 213 Å². The smallest absolute Gasteiger partial charge is 0.268 e. The Morgan fingerprint density at radius 2 is 0.887 bits per heavy atom. The fourth-order valence-electron chi connectivity index (χ4n) is 7.62. The normalized spacial score (nSPS) is 15.2. The van der Waals surface area contributed by atoms with Gasteiger partial charge in [0.15, 0.2) is 0 Å². The van der Waals surface area contributed by atoms with Gasteiger partial charge < -0.3 is 34.0 Å². The van der Waals surface area contributed by atoms with E-state index in [4.69, 9.17) is 9.05 Å². The summed E-state index contributed by atoms with van der Waals surface area (Å²) in [5, 5.41) is 24.7. The molecule has 4 atom stereocenters. The van der Waals surface area contributed by atoms with E-state index in [0.717, 1.165) is 89.9 Å². The van der Waals surface area contributed by atoms with Crippen LogP contribution in [-0.2, 0) is 18.4 Å². The second-order valence-corrected chi connectivity index (χ2v) is 21.4. The standard InChI is InChI=1S/C61H107N2O7P/c1-6-8-10-12-14-16-18-20-21-22-23-24-25-26-27-28-29-30-31-32-33-34-35-36-37-38-39-40-41-42-44-46-48-50-52-54-60(65)62-58(57-70-71(67,68)69-56-55-63(3,4)5)61(66)59(64)53-51-49-47-45-43-19-17-15-13-11-9-7-2/h8,10,14,16,20-21,23-24,26-27,29-30,32-33,35-36,45,47,58-59,61,64,66H,6-7,9,11-13,15,17-19,22,25,28,31,34,37-44,46,48-57H2,1-5H3,(H-,62,65,67,68)/b10-8-,16-14-,21-20-,24-23-,27-26-,30-29-,33-32-,36-35-,47-45+. The summed E-state index contributed by atoms with van der Waals surface area (Å²) in [4.78, 5) is 25.5. The maximum Gasteiger partial charge on any atom is 0.268 e. The molecule has 0 bridgehead atoms. The van der Waals surface area contributed by atoms with E-state index in [0.29, 0.717) is 30.3 Å². The van der Waals surface area contributed by atoms with Crippen molar-refractivity contribution >= 4 is 13.7 Å². The molecular formula is C61H107N2O7P. The summed E-state index contributed by atoms with van der Waals surface area (Å²) in [5.41, 5.74) is 0.